The van der Waals surface area contributed by atoms with E-state index in [1.165, 1.54) is 0 Å². The molecule has 0 radical (unpaired) electrons. The summed E-state index contributed by atoms with van der Waals surface area (Å²) in [7, 11) is -3.16. The number of hydrogen-bond acceptors (Lipinski definition) is 4. The second kappa shape index (κ2) is 9.09. The van der Waals surface area contributed by atoms with Crippen LogP contribution in [-0.2, 0) is 14.8 Å². The number of hydrogen-bond donors (Lipinski definition) is 2. The first-order valence-electron chi connectivity index (χ1n) is 6.29. The van der Waals surface area contributed by atoms with Crippen molar-refractivity contribution in [1.82, 2.24) is 10.0 Å². The first-order chi connectivity index (χ1) is 7.99. The molecule has 1 saturated heterocycles. The molecule has 1 aliphatic rings. The van der Waals surface area contributed by atoms with E-state index < -0.39 is 10.0 Å². The maximum absolute atomic E-state index is 11.6. The lowest BCUT2D eigenvalue weighted by molar-refractivity contribution is 0.0911. The maximum atomic E-state index is 11.6. The fraction of sp³-hybridized carbons (Fsp3) is 1.00. The fourth-order valence-corrected chi connectivity index (χ4v) is 2.73. The number of nitrogens with one attached hydrogen (secondary N) is 2. The molecule has 0 spiro atoms. The van der Waals surface area contributed by atoms with Gasteiger partial charge < -0.3 is 10.1 Å². The third kappa shape index (κ3) is 8.26. The molecule has 5 nitrogen and oxygen atoms in total. The van der Waals surface area contributed by atoms with Crippen molar-refractivity contribution in [2.24, 2.45) is 5.92 Å². The summed E-state index contributed by atoms with van der Waals surface area (Å²) >= 11 is 0. The molecule has 0 saturated carbocycles. The van der Waals surface area contributed by atoms with Crippen LogP contribution < -0.4 is 10.0 Å². The van der Waals surface area contributed by atoms with E-state index in [-0.39, 0.29) is 30.9 Å². The topological polar surface area (TPSA) is 67.4 Å². The molecule has 0 amide bonds. The van der Waals surface area contributed by atoms with Crippen LogP contribution in [0.2, 0.25) is 0 Å². The van der Waals surface area contributed by atoms with Gasteiger partial charge in [0, 0.05) is 6.54 Å². The van der Waals surface area contributed by atoms with Crippen molar-refractivity contribution in [3.8, 4) is 0 Å². The van der Waals surface area contributed by atoms with Gasteiger partial charge in [-0.25, -0.2) is 13.1 Å². The average Bonchev–Trinajstić information content (AvgIpc) is 2.69. The van der Waals surface area contributed by atoms with Crippen LogP contribution in [0.5, 0.6) is 0 Å². The number of sulfonamides is 1. The lowest BCUT2D eigenvalue weighted by Crippen LogP contribution is -2.30. The van der Waals surface area contributed by atoms with Gasteiger partial charge in [-0.2, -0.15) is 0 Å². The van der Waals surface area contributed by atoms with Gasteiger partial charge in [-0.05, 0) is 45.7 Å². The Morgan fingerprint density at radius 3 is 2.72 bits per heavy atom. The van der Waals surface area contributed by atoms with Gasteiger partial charge in [0.1, 0.15) is 0 Å². The van der Waals surface area contributed by atoms with E-state index in [2.05, 4.69) is 10.0 Å². The van der Waals surface area contributed by atoms with Crippen molar-refractivity contribution in [2.75, 3.05) is 32.0 Å². The Morgan fingerprint density at radius 2 is 2.17 bits per heavy atom. The van der Waals surface area contributed by atoms with Crippen LogP contribution in [-0.4, -0.2) is 46.5 Å². The number of halogens is 1. The predicted octanol–water partition coefficient (Wildman–Crippen LogP) is 0.752. The van der Waals surface area contributed by atoms with Gasteiger partial charge in [0.25, 0.3) is 0 Å². The van der Waals surface area contributed by atoms with Crippen molar-refractivity contribution < 1.29 is 13.2 Å². The van der Waals surface area contributed by atoms with Crippen molar-refractivity contribution >= 4 is 22.4 Å². The van der Waals surface area contributed by atoms with E-state index in [1.807, 2.05) is 13.8 Å². The highest BCUT2D eigenvalue weighted by molar-refractivity contribution is 7.89. The lowest BCUT2D eigenvalue weighted by atomic mass is 10.1. The monoisotopic (exact) mass is 300 g/mol. The molecule has 1 aliphatic heterocycles. The molecule has 1 rings (SSSR count). The molecule has 0 aromatic rings. The molecular formula is C11H25ClN2O3S. The molecule has 18 heavy (non-hydrogen) atoms. The summed E-state index contributed by atoms with van der Waals surface area (Å²) in [4.78, 5) is 0. The molecule has 1 heterocycles. The second-order valence-electron chi connectivity index (χ2n) is 4.78. The van der Waals surface area contributed by atoms with E-state index in [0.717, 1.165) is 25.9 Å². The highest BCUT2D eigenvalue weighted by atomic mass is 35.5. The van der Waals surface area contributed by atoms with E-state index in [4.69, 9.17) is 4.74 Å². The Kier molecular flexibility index (Phi) is 9.15. The largest absolute Gasteiger partial charge is 0.378 e. The van der Waals surface area contributed by atoms with Gasteiger partial charge in [0.2, 0.25) is 10.0 Å². The molecule has 7 heteroatoms. The summed E-state index contributed by atoms with van der Waals surface area (Å²) in [6.07, 6.45) is 2.14. The van der Waals surface area contributed by atoms with Gasteiger partial charge in [0.15, 0.2) is 0 Å². The minimum Gasteiger partial charge on any atom is -0.378 e. The predicted molar refractivity (Wildman–Crippen MR) is 75.7 cm³/mol. The summed E-state index contributed by atoms with van der Waals surface area (Å²) < 4.78 is 31.0. The highest BCUT2D eigenvalue weighted by Crippen LogP contribution is 2.10. The van der Waals surface area contributed by atoms with Gasteiger partial charge in [-0.3, -0.25) is 0 Å². The number of rotatable bonds is 8. The summed E-state index contributed by atoms with van der Waals surface area (Å²) in [5.41, 5.74) is 0. The molecular weight excluding hydrogens is 276 g/mol. The smallest absolute Gasteiger partial charge is 0.213 e. The Morgan fingerprint density at radius 1 is 1.44 bits per heavy atom. The quantitative estimate of drug-likeness (QED) is 0.694. The molecule has 0 aromatic heterocycles. The minimum atomic E-state index is -3.16. The van der Waals surface area contributed by atoms with Crippen molar-refractivity contribution in [3.05, 3.63) is 0 Å². The van der Waals surface area contributed by atoms with E-state index in [0.29, 0.717) is 12.5 Å². The Balaban J connectivity index is 0.00000289. The van der Waals surface area contributed by atoms with Crippen molar-refractivity contribution in [1.29, 1.82) is 0 Å². The van der Waals surface area contributed by atoms with E-state index in [1.54, 1.807) is 0 Å². The Bertz CT molecular complexity index is 303. The van der Waals surface area contributed by atoms with Crippen molar-refractivity contribution in [3.63, 3.8) is 0 Å². The van der Waals surface area contributed by atoms with Crippen LogP contribution in [0.25, 0.3) is 0 Å². The fourth-order valence-electron chi connectivity index (χ4n) is 1.85. The summed E-state index contributed by atoms with van der Waals surface area (Å²) in [6.45, 7) is 6.66. The van der Waals surface area contributed by atoms with Crippen LogP contribution in [0, 0.1) is 5.92 Å². The molecule has 0 aromatic carbocycles. The van der Waals surface area contributed by atoms with Crippen LogP contribution >= 0.6 is 12.4 Å². The molecule has 2 N–H and O–H groups in total. The SMILES string of the molecule is CC(C)OCCS(=O)(=O)NCCC1CCNC1.Cl. The van der Waals surface area contributed by atoms with E-state index in [9.17, 15) is 8.42 Å². The minimum absolute atomic E-state index is 0. The third-order valence-corrected chi connectivity index (χ3v) is 4.19. The number of ether oxygens (including phenoxy) is 1. The van der Waals surface area contributed by atoms with Crippen LogP contribution in [0.3, 0.4) is 0 Å². The molecule has 1 fully saturated rings. The van der Waals surface area contributed by atoms with Gasteiger partial charge in [0.05, 0.1) is 18.5 Å². The first kappa shape index (κ1) is 18.1. The van der Waals surface area contributed by atoms with Gasteiger partial charge in [-0.15, -0.1) is 12.4 Å². The first-order valence-corrected chi connectivity index (χ1v) is 7.94. The van der Waals surface area contributed by atoms with Crippen molar-refractivity contribution in [2.45, 2.75) is 32.8 Å². The zero-order valence-electron chi connectivity index (χ0n) is 11.1. The molecule has 110 valence electrons. The molecule has 1 unspecified atom stereocenters. The zero-order valence-corrected chi connectivity index (χ0v) is 12.8. The summed E-state index contributed by atoms with van der Waals surface area (Å²) in [6, 6.07) is 0. The molecule has 0 aliphatic carbocycles. The maximum Gasteiger partial charge on any atom is 0.213 e. The Labute approximate surface area is 117 Å². The highest BCUT2D eigenvalue weighted by Gasteiger charge is 2.16. The lowest BCUT2D eigenvalue weighted by Gasteiger charge is -2.11. The second-order valence-corrected chi connectivity index (χ2v) is 6.71. The molecule has 0 bridgehead atoms. The average molecular weight is 301 g/mol. The summed E-state index contributed by atoms with van der Waals surface area (Å²) in [5, 5.41) is 3.27. The van der Waals surface area contributed by atoms with Gasteiger partial charge >= 0.3 is 0 Å². The standard InChI is InChI=1S/C11H24N2O3S.ClH/c1-10(2)16-7-8-17(14,15)13-6-4-11-3-5-12-9-11;/h10-13H,3-9H2,1-2H3;1H. The molecule has 1 atom stereocenters. The van der Waals surface area contributed by atoms with E-state index >= 15 is 0 Å². The third-order valence-electron chi connectivity index (χ3n) is 2.84. The Hall–Kier alpha value is 0.120. The summed E-state index contributed by atoms with van der Waals surface area (Å²) in [5.74, 6) is 0.665. The van der Waals surface area contributed by atoms with Crippen LogP contribution in [0.15, 0.2) is 0 Å². The normalized spacial score (nSPS) is 20.1. The van der Waals surface area contributed by atoms with Gasteiger partial charge in [-0.1, -0.05) is 0 Å². The zero-order chi connectivity index (χ0) is 12.7. The van der Waals surface area contributed by atoms with Crippen LogP contribution in [0.1, 0.15) is 26.7 Å². The van der Waals surface area contributed by atoms with Crippen LogP contribution in [0.4, 0.5) is 0 Å².